The van der Waals surface area contributed by atoms with Crippen molar-refractivity contribution in [2.45, 2.75) is 138 Å². The van der Waals surface area contributed by atoms with Crippen LogP contribution < -0.4 is 0 Å². The van der Waals surface area contributed by atoms with Gasteiger partial charge in [-0.2, -0.15) is 0 Å². The molecule has 0 heterocycles. The monoisotopic (exact) mass is 472 g/mol. The van der Waals surface area contributed by atoms with Gasteiger partial charge in [-0.1, -0.05) is 0 Å². The molecule has 0 radical (unpaired) electrons. The van der Waals surface area contributed by atoms with Crippen molar-refractivity contribution >= 4 is 18.4 Å². The summed E-state index contributed by atoms with van der Waals surface area (Å²) in [5.74, 6) is 0.883. The maximum absolute atomic E-state index is 2.94. The van der Waals surface area contributed by atoms with E-state index in [4.69, 9.17) is 0 Å². The van der Waals surface area contributed by atoms with Crippen molar-refractivity contribution < 1.29 is 0 Å². The summed E-state index contributed by atoms with van der Waals surface area (Å²) in [4.78, 5) is 0. The van der Waals surface area contributed by atoms with Gasteiger partial charge in [-0.05, 0) is 0 Å². The van der Waals surface area contributed by atoms with E-state index in [2.05, 4.69) is 44.8 Å². The summed E-state index contributed by atoms with van der Waals surface area (Å²) in [5.41, 5.74) is 0. The van der Waals surface area contributed by atoms with Gasteiger partial charge in [0.25, 0.3) is 0 Å². The summed E-state index contributed by atoms with van der Waals surface area (Å²) in [6.45, 7) is 11.8. The van der Waals surface area contributed by atoms with E-state index in [-0.39, 0.29) is 0 Å². The molecule has 0 atom stereocenters. The molecule has 0 unspecified atom stereocenters. The minimum absolute atomic E-state index is 0.883. The van der Waals surface area contributed by atoms with Crippen molar-refractivity contribution in [1.82, 2.24) is 0 Å². The van der Waals surface area contributed by atoms with E-state index in [0.717, 1.165) is 5.92 Å². The second kappa shape index (κ2) is 18.9. The number of allylic oxidation sites excluding steroid dienone is 1. The molecular formula is C25H52Sn. The molecule has 0 N–H and O–H groups in total. The molecule has 1 heteroatoms. The Hall–Kier alpha value is 0.539. The van der Waals surface area contributed by atoms with Crippen molar-refractivity contribution in [2.24, 2.45) is 5.92 Å². The Balaban J connectivity index is 5.08. The average molecular weight is 471 g/mol. The first-order valence-corrected chi connectivity index (χ1v) is 20.1. The molecule has 0 saturated carbocycles. The third-order valence-corrected chi connectivity index (χ3v) is 20.3. The molecule has 0 aromatic rings. The molecule has 0 aromatic heterocycles. The first-order valence-electron chi connectivity index (χ1n) is 12.4. The van der Waals surface area contributed by atoms with Gasteiger partial charge in [-0.3, -0.25) is 0 Å². The summed E-state index contributed by atoms with van der Waals surface area (Å²) in [6.07, 6.45) is 22.8. The Kier molecular flexibility index (Phi) is 19.3. The predicted octanol–water partition coefficient (Wildman–Crippen LogP) is 9.71. The number of rotatable bonds is 19. The van der Waals surface area contributed by atoms with Crippen molar-refractivity contribution in [1.29, 1.82) is 0 Å². The van der Waals surface area contributed by atoms with Crippen molar-refractivity contribution in [3.05, 3.63) is 10.2 Å². The van der Waals surface area contributed by atoms with Crippen molar-refractivity contribution in [3.63, 3.8) is 0 Å². The van der Waals surface area contributed by atoms with Gasteiger partial charge in [-0.15, -0.1) is 0 Å². The summed E-state index contributed by atoms with van der Waals surface area (Å²) in [6, 6.07) is 0. The number of hydrogen-bond acceptors (Lipinski definition) is 0. The second-order valence-electron chi connectivity index (χ2n) is 8.78. The van der Waals surface area contributed by atoms with Crippen molar-refractivity contribution in [2.75, 3.05) is 0 Å². The molecule has 0 fully saturated rings. The fraction of sp³-hybridized carbons (Fsp3) is 0.920. The normalized spacial score (nSPS) is 12.5. The van der Waals surface area contributed by atoms with E-state index in [0.29, 0.717) is 0 Å². The van der Waals surface area contributed by atoms with Crippen LogP contribution >= 0.6 is 0 Å². The maximum atomic E-state index is 2.94. The van der Waals surface area contributed by atoms with E-state index in [1.807, 2.05) is 0 Å². The fourth-order valence-corrected chi connectivity index (χ4v) is 18.8. The van der Waals surface area contributed by atoms with E-state index in [1.54, 1.807) is 13.3 Å². The third-order valence-electron chi connectivity index (χ3n) is 6.16. The average Bonchev–Trinajstić information content (AvgIpc) is 2.66. The van der Waals surface area contributed by atoms with Crippen molar-refractivity contribution in [3.8, 4) is 0 Å². The van der Waals surface area contributed by atoms with E-state index in [9.17, 15) is 0 Å². The Morgan fingerprint density at radius 2 is 0.923 bits per heavy atom. The molecule has 0 amide bonds. The summed E-state index contributed by atoms with van der Waals surface area (Å²) in [7, 11) is 0. The van der Waals surface area contributed by atoms with Gasteiger partial charge in [-0.25, -0.2) is 0 Å². The van der Waals surface area contributed by atoms with Crippen LogP contribution in [0.25, 0.3) is 0 Å². The SMILES string of the molecule is CCCCCC(/C=[CH]/[Sn]([CH2]CCC)([CH2]CCC)[CH2]CCC)CCCCC. The first-order chi connectivity index (χ1) is 12.7. The summed E-state index contributed by atoms with van der Waals surface area (Å²) in [5, 5.41) is 0. The molecule has 26 heavy (non-hydrogen) atoms. The molecule has 0 nitrogen and oxygen atoms in total. The minimum atomic E-state index is -2.06. The molecular weight excluding hydrogens is 419 g/mol. The Labute approximate surface area is 171 Å². The predicted molar refractivity (Wildman–Crippen MR) is 126 cm³/mol. The zero-order chi connectivity index (χ0) is 19.5. The molecule has 0 bridgehead atoms. The van der Waals surface area contributed by atoms with Crippen LogP contribution in [-0.2, 0) is 0 Å². The van der Waals surface area contributed by atoms with Crippen LogP contribution in [0.5, 0.6) is 0 Å². The number of hydrogen-bond donors (Lipinski definition) is 0. The van der Waals surface area contributed by atoms with Gasteiger partial charge in [0.1, 0.15) is 0 Å². The quantitative estimate of drug-likeness (QED) is 0.130. The van der Waals surface area contributed by atoms with Crippen LogP contribution in [0.2, 0.25) is 13.3 Å². The second-order valence-corrected chi connectivity index (χ2v) is 21.8. The summed E-state index contributed by atoms with van der Waals surface area (Å²) < 4.78 is 7.81. The Morgan fingerprint density at radius 1 is 0.538 bits per heavy atom. The van der Waals surface area contributed by atoms with Gasteiger partial charge in [0, 0.05) is 0 Å². The van der Waals surface area contributed by atoms with Crippen LogP contribution in [0.15, 0.2) is 10.2 Å². The van der Waals surface area contributed by atoms with E-state index < -0.39 is 18.4 Å². The van der Waals surface area contributed by atoms with Gasteiger partial charge in [0.15, 0.2) is 0 Å². The van der Waals surface area contributed by atoms with Crippen LogP contribution in [0.3, 0.4) is 0 Å². The topological polar surface area (TPSA) is 0 Å². The van der Waals surface area contributed by atoms with E-state index in [1.165, 1.54) is 89.9 Å². The Morgan fingerprint density at radius 3 is 1.27 bits per heavy atom. The van der Waals surface area contributed by atoms with Crippen LogP contribution in [0.4, 0.5) is 0 Å². The zero-order valence-electron chi connectivity index (χ0n) is 19.3. The fourth-order valence-electron chi connectivity index (χ4n) is 4.20. The molecule has 0 saturated heterocycles. The zero-order valence-corrected chi connectivity index (χ0v) is 22.1. The van der Waals surface area contributed by atoms with Crippen LogP contribution in [0, 0.1) is 5.92 Å². The van der Waals surface area contributed by atoms with Gasteiger partial charge >= 0.3 is 172 Å². The standard InChI is InChI=1S/C13H25.3C4H9.Sn/c1-4-7-9-11-13(6-3)12-10-8-5-2;3*1-3-4-2;/h3,6,13H,4-5,7-12H2,1-2H3;3*1,3-4H2,2H3;. The summed E-state index contributed by atoms with van der Waals surface area (Å²) >= 11 is -2.06. The Bertz CT molecular complexity index is 276. The molecule has 0 aromatic carbocycles. The molecule has 156 valence electrons. The van der Waals surface area contributed by atoms with Crippen LogP contribution in [-0.4, -0.2) is 18.4 Å². The van der Waals surface area contributed by atoms with Crippen LogP contribution in [0.1, 0.15) is 125 Å². The van der Waals surface area contributed by atoms with Gasteiger partial charge in [0.05, 0.1) is 0 Å². The molecule has 0 rings (SSSR count). The number of unbranched alkanes of at least 4 members (excludes halogenated alkanes) is 7. The molecule has 0 spiro atoms. The van der Waals surface area contributed by atoms with Gasteiger partial charge < -0.3 is 0 Å². The third kappa shape index (κ3) is 13.7. The molecule has 0 aliphatic rings. The van der Waals surface area contributed by atoms with E-state index >= 15 is 0 Å². The first kappa shape index (κ1) is 26.5. The van der Waals surface area contributed by atoms with Gasteiger partial charge in [0.2, 0.25) is 0 Å². The molecule has 0 aliphatic carbocycles. The molecule has 0 aliphatic heterocycles.